The Labute approximate surface area is 155 Å². The van der Waals surface area contributed by atoms with Crippen LogP contribution in [-0.2, 0) is 13.0 Å². The molecule has 2 heterocycles. The van der Waals surface area contributed by atoms with E-state index in [1.165, 1.54) is 11.1 Å². The number of carbonyl (C=O) groups is 1. The molecule has 1 atom stereocenters. The Balaban J connectivity index is 1.40. The summed E-state index contributed by atoms with van der Waals surface area (Å²) in [4.78, 5) is 15.3. The average Bonchev–Trinajstić information content (AvgIpc) is 2.68. The Morgan fingerprint density at radius 3 is 2.88 bits per heavy atom. The fraction of sp³-hybridized carbons (Fsp3) is 0.409. The van der Waals surface area contributed by atoms with Crippen molar-refractivity contribution in [1.29, 1.82) is 0 Å². The number of amides is 1. The summed E-state index contributed by atoms with van der Waals surface area (Å²) in [6.07, 6.45) is 4.26. The first-order valence-electron chi connectivity index (χ1n) is 9.72. The monoisotopic (exact) mass is 349 g/mol. The van der Waals surface area contributed by atoms with Crippen molar-refractivity contribution in [2.75, 3.05) is 25.0 Å². The van der Waals surface area contributed by atoms with Crippen LogP contribution in [-0.4, -0.2) is 36.5 Å². The van der Waals surface area contributed by atoms with Crippen LogP contribution in [0.4, 0.5) is 5.69 Å². The van der Waals surface area contributed by atoms with Crippen molar-refractivity contribution in [2.24, 2.45) is 0 Å². The molecule has 1 unspecified atom stereocenters. The molecular weight excluding hydrogens is 322 g/mol. The summed E-state index contributed by atoms with van der Waals surface area (Å²) in [6.45, 7) is 3.98. The molecule has 2 aliphatic heterocycles. The van der Waals surface area contributed by atoms with Gasteiger partial charge in [-0.05, 0) is 55.5 Å². The van der Waals surface area contributed by atoms with Crippen molar-refractivity contribution in [3.8, 4) is 0 Å². The minimum absolute atomic E-state index is 0.0807. The van der Waals surface area contributed by atoms with Crippen LogP contribution in [0.1, 0.15) is 40.7 Å². The van der Waals surface area contributed by atoms with Gasteiger partial charge in [-0.1, -0.05) is 36.4 Å². The van der Waals surface area contributed by atoms with Gasteiger partial charge in [-0.15, -0.1) is 0 Å². The summed E-state index contributed by atoms with van der Waals surface area (Å²) in [5, 5.41) is 6.70. The fourth-order valence-electron chi connectivity index (χ4n) is 4.14. The summed E-state index contributed by atoms with van der Waals surface area (Å²) in [5.41, 5.74) is 4.48. The molecule has 1 amide bonds. The molecule has 4 rings (SSSR count). The van der Waals surface area contributed by atoms with Crippen molar-refractivity contribution in [1.82, 2.24) is 10.2 Å². The molecule has 2 N–H and O–H groups in total. The lowest BCUT2D eigenvalue weighted by atomic mass is 9.96. The van der Waals surface area contributed by atoms with Crippen molar-refractivity contribution < 1.29 is 4.79 Å². The standard InChI is InChI=1S/C22H27N3O/c26-22(20-10-4-12-21-19(20)11-5-13-23-21)24-18-9-6-14-25(16-18)15-17-7-2-1-3-8-17/h1-4,7-8,10,12,18,23H,5-6,9,11,13-16H2,(H,24,26). The van der Waals surface area contributed by atoms with E-state index in [1.807, 2.05) is 12.1 Å². The molecule has 1 saturated heterocycles. The SMILES string of the molecule is O=C(NC1CCCN(Cc2ccccc2)C1)c1cccc2c1CCCN2. The first-order valence-corrected chi connectivity index (χ1v) is 9.72. The van der Waals surface area contributed by atoms with Crippen LogP contribution < -0.4 is 10.6 Å². The Bertz CT molecular complexity index is 759. The predicted octanol–water partition coefficient (Wildman–Crippen LogP) is 3.44. The first kappa shape index (κ1) is 17.1. The van der Waals surface area contributed by atoms with E-state index in [4.69, 9.17) is 0 Å². The van der Waals surface area contributed by atoms with E-state index in [9.17, 15) is 4.79 Å². The van der Waals surface area contributed by atoms with Crippen LogP contribution in [0.25, 0.3) is 0 Å². The second-order valence-corrected chi connectivity index (χ2v) is 7.40. The van der Waals surface area contributed by atoms with E-state index < -0.39 is 0 Å². The van der Waals surface area contributed by atoms with Gasteiger partial charge < -0.3 is 10.6 Å². The molecular formula is C22H27N3O. The third kappa shape index (κ3) is 3.91. The molecule has 0 spiro atoms. The second kappa shape index (κ2) is 7.92. The van der Waals surface area contributed by atoms with E-state index in [2.05, 4.69) is 51.9 Å². The van der Waals surface area contributed by atoms with Crippen molar-refractivity contribution in [2.45, 2.75) is 38.3 Å². The Morgan fingerprint density at radius 1 is 1.12 bits per heavy atom. The number of fused-ring (bicyclic) bond motifs is 1. The van der Waals surface area contributed by atoms with Crippen LogP contribution >= 0.6 is 0 Å². The largest absolute Gasteiger partial charge is 0.385 e. The molecule has 0 aromatic heterocycles. The average molecular weight is 349 g/mol. The van der Waals surface area contributed by atoms with Crippen LogP contribution in [0.5, 0.6) is 0 Å². The van der Waals surface area contributed by atoms with E-state index in [-0.39, 0.29) is 11.9 Å². The van der Waals surface area contributed by atoms with Gasteiger partial charge in [-0.3, -0.25) is 9.69 Å². The number of benzene rings is 2. The second-order valence-electron chi connectivity index (χ2n) is 7.40. The van der Waals surface area contributed by atoms with Crippen LogP contribution in [0, 0.1) is 0 Å². The third-order valence-corrected chi connectivity index (χ3v) is 5.43. The van der Waals surface area contributed by atoms with Gasteiger partial charge in [0.2, 0.25) is 0 Å². The summed E-state index contributed by atoms with van der Waals surface area (Å²) in [7, 11) is 0. The Hall–Kier alpha value is -2.33. The fourth-order valence-corrected chi connectivity index (χ4v) is 4.14. The highest BCUT2D eigenvalue weighted by molar-refractivity contribution is 5.97. The van der Waals surface area contributed by atoms with E-state index in [1.54, 1.807) is 0 Å². The Morgan fingerprint density at radius 2 is 2.00 bits per heavy atom. The molecule has 2 aromatic carbocycles. The van der Waals surface area contributed by atoms with Crippen molar-refractivity contribution >= 4 is 11.6 Å². The van der Waals surface area contributed by atoms with Gasteiger partial charge >= 0.3 is 0 Å². The molecule has 4 nitrogen and oxygen atoms in total. The van der Waals surface area contributed by atoms with Gasteiger partial charge in [0.1, 0.15) is 0 Å². The number of carbonyl (C=O) groups excluding carboxylic acids is 1. The summed E-state index contributed by atoms with van der Waals surface area (Å²) in [5.74, 6) is 0.0807. The Kier molecular flexibility index (Phi) is 5.21. The molecule has 2 aliphatic rings. The zero-order chi connectivity index (χ0) is 17.8. The van der Waals surface area contributed by atoms with Crippen molar-refractivity contribution in [3.05, 3.63) is 65.2 Å². The molecule has 4 heteroatoms. The van der Waals surface area contributed by atoms with Gasteiger partial charge in [-0.2, -0.15) is 0 Å². The molecule has 2 aromatic rings. The summed E-state index contributed by atoms with van der Waals surface area (Å²) in [6, 6.07) is 16.8. The zero-order valence-corrected chi connectivity index (χ0v) is 15.2. The highest BCUT2D eigenvalue weighted by Crippen LogP contribution is 2.25. The summed E-state index contributed by atoms with van der Waals surface area (Å²) >= 11 is 0. The van der Waals surface area contributed by atoms with Gasteiger partial charge in [0.05, 0.1) is 0 Å². The molecule has 0 radical (unpaired) electrons. The van der Waals surface area contributed by atoms with E-state index in [0.717, 1.165) is 63.1 Å². The molecule has 1 fully saturated rings. The maximum absolute atomic E-state index is 12.9. The number of anilines is 1. The lowest BCUT2D eigenvalue weighted by molar-refractivity contribution is 0.0900. The first-order chi connectivity index (χ1) is 12.8. The summed E-state index contributed by atoms with van der Waals surface area (Å²) < 4.78 is 0. The van der Waals surface area contributed by atoms with Crippen LogP contribution in [0.15, 0.2) is 48.5 Å². The van der Waals surface area contributed by atoms with E-state index in [0.29, 0.717) is 0 Å². The molecule has 0 saturated carbocycles. The maximum Gasteiger partial charge on any atom is 0.251 e. The number of nitrogens with zero attached hydrogens (tertiary/aromatic N) is 1. The normalized spacial score (nSPS) is 20.1. The number of hydrogen-bond acceptors (Lipinski definition) is 3. The highest BCUT2D eigenvalue weighted by atomic mass is 16.1. The minimum atomic E-state index is 0.0807. The predicted molar refractivity (Wildman–Crippen MR) is 105 cm³/mol. The zero-order valence-electron chi connectivity index (χ0n) is 15.2. The lowest BCUT2D eigenvalue weighted by Gasteiger charge is -2.33. The number of nitrogens with one attached hydrogen (secondary N) is 2. The number of rotatable bonds is 4. The quantitative estimate of drug-likeness (QED) is 0.889. The molecule has 0 aliphatic carbocycles. The van der Waals surface area contributed by atoms with E-state index >= 15 is 0 Å². The van der Waals surface area contributed by atoms with Gasteiger partial charge in [0, 0.05) is 36.9 Å². The highest BCUT2D eigenvalue weighted by Gasteiger charge is 2.24. The smallest absolute Gasteiger partial charge is 0.251 e. The topological polar surface area (TPSA) is 44.4 Å². The van der Waals surface area contributed by atoms with Crippen LogP contribution in [0.2, 0.25) is 0 Å². The lowest BCUT2D eigenvalue weighted by Crippen LogP contribution is -2.47. The molecule has 26 heavy (non-hydrogen) atoms. The van der Waals surface area contributed by atoms with Gasteiger partial charge in [0.15, 0.2) is 0 Å². The third-order valence-electron chi connectivity index (χ3n) is 5.43. The minimum Gasteiger partial charge on any atom is -0.385 e. The number of likely N-dealkylation sites (tertiary alicyclic amines) is 1. The number of piperidine rings is 1. The maximum atomic E-state index is 12.9. The van der Waals surface area contributed by atoms with Crippen LogP contribution in [0.3, 0.4) is 0 Å². The van der Waals surface area contributed by atoms with Crippen molar-refractivity contribution in [3.63, 3.8) is 0 Å². The molecule has 136 valence electrons. The van der Waals surface area contributed by atoms with Gasteiger partial charge in [-0.25, -0.2) is 0 Å². The number of hydrogen-bond donors (Lipinski definition) is 2. The molecule has 0 bridgehead atoms. The van der Waals surface area contributed by atoms with Gasteiger partial charge in [0.25, 0.3) is 5.91 Å².